The van der Waals surface area contributed by atoms with Crippen LogP contribution in [0.1, 0.15) is 35.8 Å². The summed E-state index contributed by atoms with van der Waals surface area (Å²) in [6, 6.07) is 14.3. The maximum absolute atomic E-state index is 8.86. The van der Waals surface area contributed by atoms with E-state index in [0.29, 0.717) is 11.5 Å². The molecule has 0 saturated carbocycles. The molecule has 3 aromatic heterocycles. The average Bonchev–Trinajstić information content (AvgIpc) is 3.40. The summed E-state index contributed by atoms with van der Waals surface area (Å²) in [5.41, 5.74) is 4.78. The van der Waals surface area contributed by atoms with E-state index in [1.165, 1.54) is 16.5 Å². The standard InChI is InChI=1S/C24H23N7/c1-30-15-17(20-5-2-3-6-22(20)30)16-31-10-4-7-23(31)21-13-28-24(14-27-21)29-19-9-8-18(11-25)26-12-19/h2-3,5-6,8-9,12-15,23H,4,7,10,16H2,1H3,(H,28,29)/t23-/m0/s1. The maximum atomic E-state index is 8.86. The Morgan fingerprint density at radius 1 is 1.10 bits per heavy atom. The van der Waals surface area contributed by atoms with Gasteiger partial charge in [0.05, 0.1) is 36.0 Å². The summed E-state index contributed by atoms with van der Waals surface area (Å²) in [7, 11) is 2.11. The SMILES string of the molecule is Cn1cc(CN2CCC[C@H]2c2cnc(Nc3ccc(C#N)nc3)cn2)c2ccccc21. The minimum absolute atomic E-state index is 0.275. The smallest absolute Gasteiger partial charge is 0.148 e. The van der Waals surface area contributed by atoms with E-state index in [0.717, 1.165) is 37.3 Å². The number of likely N-dealkylation sites (tertiary alicyclic amines) is 1. The number of fused-ring (bicyclic) bond motifs is 1. The molecule has 0 aliphatic carbocycles. The molecular weight excluding hydrogens is 386 g/mol. The predicted octanol–water partition coefficient (Wildman–Crippen LogP) is 4.32. The third-order valence-electron chi connectivity index (χ3n) is 5.88. The Hall–Kier alpha value is -3.76. The van der Waals surface area contributed by atoms with E-state index in [1.54, 1.807) is 18.5 Å². The van der Waals surface area contributed by atoms with Gasteiger partial charge in [0.1, 0.15) is 17.6 Å². The molecule has 1 N–H and O–H groups in total. The Morgan fingerprint density at radius 2 is 2.00 bits per heavy atom. The summed E-state index contributed by atoms with van der Waals surface area (Å²) in [6.07, 6.45) is 9.74. The van der Waals surface area contributed by atoms with Crippen LogP contribution in [0.25, 0.3) is 10.9 Å². The highest BCUT2D eigenvalue weighted by atomic mass is 15.2. The molecule has 4 heterocycles. The Balaban J connectivity index is 1.31. The molecule has 0 amide bonds. The number of nitriles is 1. The molecule has 31 heavy (non-hydrogen) atoms. The molecule has 5 rings (SSSR count). The molecule has 1 aromatic carbocycles. The van der Waals surface area contributed by atoms with Crippen LogP contribution in [0.3, 0.4) is 0 Å². The van der Waals surface area contributed by atoms with Crippen molar-refractivity contribution >= 4 is 22.4 Å². The molecular formula is C24H23N7. The summed E-state index contributed by atoms with van der Waals surface area (Å²) >= 11 is 0. The fourth-order valence-corrected chi connectivity index (χ4v) is 4.38. The first kappa shape index (κ1) is 19.2. The van der Waals surface area contributed by atoms with Crippen LogP contribution >= 0.6 is 0 Å². The number of anilines is 2. The lowest BCUT2D eigenvalue weighted by Gasteiger charge is -2.23. The van der Waals surface area contributed by atoms with Crippen LogP contribution in [0.4, 0.5) is 11.5 Å². The van der Waals surface area contributed by atoms with E-state index < -0.39 is 0 Å². The second kappa shape index (κ2) is 8.17. The molecule has 0 bridgehead atoms. The summed E-state index contributed by atoms with van der Waals surface area (Å²) in [4.78, 5) is 15.8. The molecule has 4 aromatic rings. The van der Waals surface area contributed by atoms with Gasteiger partial charge in [-0.3, -0.25) is 9.88 Å². The maximum Gasteiger partial charge on any atom is 0.148 e. The molecule has 1 atom stereocenters. The average molecular weight is 409 g/mol. The lowest BCUT2D eigenvalue weighted by Crippen LogP contribution is -2.23. The van der Waals surface area contributed by atoms with Crippen LogP contribution in [0.2, 0.25) is 0 Å². The first-order valence-electron chi connectivity index (χ1n) is 10.4. The van der Waals surface area contributed by atoms with Gasteiger partial charge >= 0.3 is 0 Å². The van der Waals surface area contributed by atoms with Crippen LogP contribution in [-0.2, 0) is 13.6 Å². The molecule has 1 aliphatic heterocycles. The zero-order chi connectivity index (χ0) is 21.2. The van der Waals surface area contributed by atoms with Gasteiger partial charge in [-0.25, -0.2) is 9.97 Å². The highest BCUT2D eigenvalue weighted by Crippen LogP contribution is 2.33. The monoisotopic (exact) mass is 409 g/mol. The number of aromatic nitrogens is 4. The van der Waals surface area contributed by atoms with Crippen molar-refractivity contribution in [1.29, 1.82) is 5.26 Å². The Morgan fingerprint density at radius 3 is 2.77 bits per heavy atom. The van der Waals surface area contributed by atoms with Crippen molar-refractivity contribution in [3.05, 3.63) is 78.1 Å². The van der Waals surface area contributed by atoms with Gasteiger partial charge in [-0.15, -0.1) is 0 Å². The van der Waals surface area contributed by atoms with E-state index in [4.69, 9.17) is 10.2 Å². The summed E-state index contributed by atoms with van der Waals surface area (Å²) in [6.45, 7) is 1.97. The van der Waals surface area contributed by atoms with Gasteiger partial charge in [-0.05, 0) is 43.1 Å². The Kier molecular flexibility index (Phi) is 5.06. The number of nitrogens with one attached hydrogen (secondary N) is 1. The van der Waals surface area contributed by atoms with Crippen LogP contribution < -0.4 is 5.32 Å². The Bertz CT molecular complexity index is 1240. The largest absolute Gasteiger partial charge is 0.350 e. The number of para-hydroxylation sites is 1. The van der Waals surface area contributed by atoms with Gasteiger partial charge in [0.25, 0.3) is 0 Å². The minimum atomic E-state index is 0.275. The highest BCUT2D eigenvalue weighted by molar-refractivity contribution is 5.83. The molecule has 7 nitrogen and oxygen atoms in total. The number of hydrogen-bond donors (Lipinski definition) is 1. The molecule has 154 valence electrons. The van der Waals surface area contributed by atoms with E-state index in [1.807, 2.05) is 18.3 Å². The zero-order valence-corrected chi connectivity index (χ0v) is 17.4. The first-order chi connectivity index (χ1) is 15.2. The quantitative estimate of drug-likeness (QED) is 0.529. The fourth-order valence-electron chi connectivity index (χ4n) is 4.38. The molecule has 0 radical (unpaired) electrons. The fraction of sp³-hybridized carbons (Fsp3) is 0.250. The number of benzene rings is 1. The van der Waals surface area contributed by atoms with Gasteiger partial charge in [0.15, 0.2) is 0 Å². The lowest BCUT2D eigenvalue weighted by molar-refractivity contribution is 0.245. The number of nitrogens with zero attached hydrogens (tertiary/aromatic N) is 6. The number of pyridine rings is 1. The van der Waals surface area contributed by atoms with Gasteiger partial charge in [-0.2, -0.15) is 5.26 Å². The zero-order valence-electron chi connectivity index (χ0n) is 17.4. The van der Waals surface area contributed by atoms with Crippen LogP contribution in [0.5, 0.6) is 0 Å². The van der Waals surface area contributed by atoms with E-state index >= 15 is 0 Å². The molecule has 7 heteroatoms. The predicted molar refractivity (Wildman–Crippen MR) is 120 cm³/mol. The van der Waals surface area contributed by atoms with Gasteiger partial charge in [0.2, 0.25) is 0 Å². The van der Waals surface area contributed by atoms with Gasteiger partial charge in [-0.1, -0.05) is 18.2 Å². The highest BCUT2D eigenvalue weighted by Gasteiger charge is 2.28. The summed E-state index contributed by atoms with van der Waals surface area (Å²) in [5.74, 6) is 0.661. The van der Waals surface area contributed by atoms with E-state index in [2.05, 4.69) is 62.3 Å². The number of hydrogen-bond acceptors (Lipinski definition) is 6. The van der Waals surface area contributed by atoms with Crippen molar-refractivity contribution in [3.63, 3.8) is 0 Å². The van der Waals surface area contributed by atoms with Crippen molar-refractivity contribution in [2.24, 2.45) is 7.05 Å². The molecule has 0 unspecified atom stereocenters. The van der Waals surface area contributed by atoms with Crippen molar-refractivity contribution in [2.75, 3.05) is 11.9 Å². The van der Waals surface area contributed by atoms with E-state index in [-0.39, 0.29) is 6.04 Å². The minimum Gasteiger partial charge on any atom is -0.350 e. The molecule has 1 saturated heterocycles. The lowest BCUT2D eigenvalue weighted by atomic mass is 10.1. The van der Waals surface area contributed by atoms with Gasteiger partial charge < -0.3 is 9.88 Å². The van der Waals surface area contributed by atoms with Crippen molar-refractivity contribution in [3.8, 4) is 6.07 Å². The second-order valence-corrected chi connectivity index (χ2v) is 7.91. The normalized spacial score (nSPS) is 16.5. The van der Waals surface area contributed by atoms with Crippen LogP contribution in [0.15, 0.2) is 61.2 Å². The second-order valence-electron chi connectivity index (χ2n) is 7.91. The van der Waals surface area contributed by atoms with Crippen LogP contribution in [-0.4, -0.2) is 31.0 Å². The number of rotatable bonds is 5. The number of aryl methyl sites for hydroxylation is 1. The van der Waals surface area contributed by atoms with Crippen molar-refractivity contribution in [2.45, 2.75) is 25.4 Å². The third kappa shape index (κ3) is 3.86. The molecule has 1 aliphatic rings. The van der Waals surface area contributed by atoms with Crippen molar-refractivity contribution in [1.82, 2.24) is 24.4 Å². The summed E-state index contributed by atoms with van der Waals surface area (Å²) in [5, 5.41) is 13.4. The Labute approximate surface area is 181 Å². The summed E-state index contributed by atoms with van der Waals surface area (Å²) < 4.78 is 2.20. The molecule has 1 fully saturated rings. The van der Waals surface area contributed by atoms with Crippen LogP contribution in [0, 0.1) is 11.3 Å². The third-order valence-corrected chi connectivity index (χ3v) is 5.88. The first-order valence-corrected chi connectivity index (χ1v) is 10.4. The topological polar surface area (TPSA) is 82.7 Å². The van der Waals surface area contributed by atoms with Crippen molar-refractivity contribution < 1.29 is 0 Å². The molecule has 0 spiro atoms. The van der Waals surface area contributed by atoms with E-state index in [9.17, 15) is 0 Å². The van der Waals surface area contributed by atoms with Gasteiger partial charge in [0, 0.05) is 30.7 Å².